The second-order valence-electron chi connectivity index (χ2n) is 5.27. The Kier molecular flexibility index (Phi) is 5.43. The van der Waals surface area contributed by atoms with Crippen molar-refractivity contribution in [2.45, 2.75) is 6.42 Å². The topological polar surface area (TPSA) is 71.3 Å². The smallest absolute Gasteiger partial charge is 0.295 e. The number of nitrogens with zero attached hydrogens (tertiary/aromatic N) is 3. The van der Waals surface area contributed by atoms with Gasteiger partial charge in [-0.2, -0.15) is 0 Å². The molecule has 0 aliphatic heterocycles. The molecule has 0 radical (unpaired) electrons. The molecule has 2 aromatic rings. The Labute approximate surface area is 129 Å². The van der Waals surface area contributed by atoms with E-state index in [1.54, 1.807) is 6.07 Å². The summed E-state index contributed by atoms with van der Waals surface area (Å²) in [4.78, 5) is 17.3. The molecule has 0 saturated heterocycles. The third kappa shape index (κ3) is 4.26. The van der Waals surface area contributed by atoms with Crippen LogP contribution in [0, 0.1) is 10.1 Å². The highest BCUT2D eigenvalue weighted by atomic mass is 16.6. The minimum absolute atomic E-state index is 0.0186. The van der Waals surface area contributed by atoms with Gasteiger partial charge in [0, 0.05) is 18.2 Å². The number of nitrogens with one attached hydrogen (secondary N) is 1. The van der Waals surface area contributed by atoms with Gasteiger partial charge in [-0.3, -0.25) is 10.1 Å². The molecule has 0 spiro atoms. The van der Waals surface area contributed by atoms with Gasteiger partial charge in [0.2, 0.25) is 0 Å². The summed E-state index contributed by atoms with van der Waals surface area (Å²) in [5.74, 6) is 0.656. The Morgan fingerprint density at radius 2 is 1.91 bits per heavy atom. The van der Waals surface area contributed by atoms with E-state index in [1.807, 2.05) is 44.4 Å². The van der Waals surface area contributed by atoms with Crippen LogP contribution in [-0.2, 0) is 0 Å². The van der Waals surface area contributed by atoms with Gasteiger partial charge in [-0.05, 0) is 33.1 Å². The first-order valence-corrected chi connectivity index (χ1v) is 7.17. The summed E-state index contributed by atoms with van der Waals surface area (Å²) in [5, 5.41) is 14.4. The zero-order chi connectivity index (χ0) is 15.9. The van der Waals surface area contributed by atoms with Crippen molar-refractivity contribution in [1.29, 1.82) is 0 Å². The fourth-order valence-corrected chi connectivity index (χ4v) is 2.12. The van der Waals surface area contributed by atoms with Crippen LogP contribution in [0.4, 0.5) is 11.5 Å². The number of hydrogen-bond acceptors (Lipinski definition) is 5. The van der Waals surface area contributed by atoms with Crippen LogP contribution in [0.15, 0.2) is 42.5 Å². The van der Waals surface area contributed by atoms with E-state index < -0.39 is 4.92 Å². The highest BCUT2D eigenvalue weighted by Gasteiger charge is 2.17. The lowest BCUT2D eigenvalue weighted by atomic mass is 10.1. The van der Waals surface area contributed by atoms with Crippen LogP contribution in [0.3, 0.4) is 0 Å². The van der Waals surface area contributed by atoms with Gasteiger partial charge in [0.15, 0.2) is 5.69 Å². The lowest BCUT2D eigenvalue weighted by Gasteiger charge is -2.11. The molecule has 1 aromatic heterocycles. The number of aromatic nitrogens is 1. The van der Waals surface area contributed by atoms with Crippen molar-refractivity contribution in [3.63, 3.8) is 0 Å². The first kappa shape index (κ1) is 15.9. The minimum Gasteiger partial charge on any atom is -0.370 e. The Bertz CT molecular complexity index is 629. The number of benzene rings is 1. The van der Waals surface area contributed by atoms with Crippen molar-refractivity contribution in [3.05, 3.63) is 52.6 Å². The third-order valence-electron chi connectivity index (χ3n) is 3.21. The molecule has 1 aromatic carbocycles. The molecule has 0 aliphatic rings. The lowest BCUT2D eigenvalue weighted by Crippen LogP contribution is -2.16. The highest BCUT2D eigenvalue weighted by Crippen LogP contribution is 2.29. The molecule has 0 atom stereocenters. The molecule has 0 unspecified atom stereocenters. The molecule has 0 fully saturated rings. The van der Waals surface area contributed by atoms with Crippen LogP contribution in [0.1, 0.15) is 6.42 Å². The maximum absolute atomic E-state index is 11.2. The maximum Gasteiger partial charge on any atom is 0.295 e. The molecular formula is C16H20N4O2. The number of rotatable bonds is 7. The van der Waals surface area contributed by atoms with Crippen molar-refractivity contribution < 1.29 is 4.92 Å². The van der Waals surface area contributed by atoms with Crippen LogP contribution in [0.2, 0.25) is 0 Å². The van der Waals surface area contributed by atoms with E-state index in [4.69, 9.17) is 0 Å². The summed E-state index contributed by atoms with van der Waals surface area (Å²) < 4.78 is 0. The fourth-order valence-electron chi connectivity index (χ4n) is 2.12. The van der Waals surface area contributed by atoms with E-state index in [0.717, 1.165) is 25.1 Å². The van der Waals surface area contributed by atoms with Gasteiger partial charge in [0.05, 0.1) is 4.92 Å². The summed E-state index contributed by atoms with van der Waals surface area (Å²) in [7, 11) is 4.05. The molecule has 6 heteroatoms. The van der Waals surface area contributed by atoms with Gasteiger partial charge in [0.1, 0.15) is 5.82 Å². The van der Waals surface area contributed by atoms with E-state index >= 15 is 0 Å². The van der Waals surface area contributed by atoms with Gasteiger partial charge in [-0.15, -0.1) is 0 Å². The summed E-state index contributed by atoms with van der Waals surface area (Å²) >= 11 is 0. The number of pyridine rings is 1. The van der Waals surface area contributed by atoms with Crippen molar-refractivity contribution in [1.82, 2.24) is 9.88 Å². The highest BCUT2D eigenvalue weighted by molar-refractivity contribution is 5.71. The van der Waals surface area contributed by atoms with Crippen LogP contribution in [0.5, 0.6) is 0 Å². The maximum atomic E-state index is 11.2. The predicted molar refractivity (Wildman–Crippen MR) is 88.0 cm³/mol. The predicted octanol–water partition coefficient (Wildman–Crippen LogP) is 3.02. The van der Waals surface area contributed by atoms with Gasteiger partial charge in [0.25, 0.3) is 5.69 Å². The molecule has 116 valence electrons. The Hall–Kier alpha value is -2.47. The van der Waals surface area contributed by atoms with Crippen molar-refractivity contribution >= 4 is 11.5 Å². The quantitative estimate of drug-likeness (QED) is 0.483. The molecule has 0 bridgehead atoms. The van der Waals surface area contributed by atoms with E-state index in [0.29, 0.717) is 11.5 Å². The van der Waals surface area contributed by atoms with E-state index in [9.17, 15) is 10.1 Å². The van der Waals surface area contributed by atoms with E-state index in [-0.39, 0.29) is 5.69 Å². The Morgan fingerprint density at radius 3 is 2.55 bits per heavy atom. The Balaban J connectivity index is 2.19. The molecule has 1 N–H and O–H groups in total. The zero-order valence-corrected chi connectivity index (χ0v) is 12.8. The number of nitro groups is 1. The molecular weight excluding hydrogens is 280 g/mol. The molecule has 0 saturated carbocycles. The first-order chi connectivity index (χ1) is 10.6. The Morgan fingerprint density at radius 1 is 1.18 bits per heavy atom. The van der Waals surface area contributed by atoms with Gasteiger partial charge >= 0.3 is 0 Å². The third-order valence-corrected chi connectivity index (χ3v) is 3.21. The average molecular weight is 300 g/mol. The van der Waals surface area contributed by atoms with Crippen molar-refractivity contribution in [2.75, 3.05) is 32.5 Å². The van der Waals surface area contributed by atoms with E-state index in [1.165, 1.54) is 6.07 Å². The number of hydrogen-bond donors (Lipinski definition) is 1. The van der Waals surface area contributed by atoms with Crippen LogP contribution >= 0.6 is 0 Å². The fraction of sp³-hybridized carbons (Fsp3) is 0.312. The second-order valence-corrected chi connectivity index (χ2v) is 5.27. The summed E-state index contributed by atoms with van der Waals surface area (Å²) in [5.41, 5.74) is 1.15. The van der Waals surface area contributed by atoms with Crippen molar-refractivity contribution in [3.8, 4) is 11.3 Å². The van der Waals surface area contributed by atoms with E-state index in [2.05, 4.69) is 15.2 Å². The SMILES string of the molecule is CN(C)CCCNc1ccc([N+](=O)[O-])c(-c2ccccc2)n1. The van der Waals surface area contributed by atoms with Gasteiger partial charge in [-0.1, -0.05) is 30.3 Å². The summed E-state index contributed by atoms with van der Waals surface area (Å²) in [6.07, 6.45) is 0.979. The number of anilines is 1. The second kappa shape index (κ2) is 7.51. The van der Waals surface area contributed by atoms with Gasteiger partial charge in [-0.25, -0.2) is 4.98 Å². The standard InChI is InChI=1S/C16H20N4O2/c1-19(2)12-6-11-17-15-10-9-14(20(21)22)16(18-15)13-7-4-3-5-8-13/h3-5,7-10H,6,11-12H2,1-2H3,(H,17,18). The van der Waals surface area contributed by atoms with Crippen LogP contribution < -0.4 is 5.32 Å². The molecule has 0 amide bonds. The summed E-state index contributed by atoms with van der Waals surface area (Å²) in [6, 6.07) is 12.4. The summed E-state index contributed by atoms with van der Waals surface area (Å²) in [6.45, 7) is 1.75. The molecule has 1 heterocycles. The largest absolute Gasteiger partial charge is 0.370 e. The molecule has 2 rings (SSSR count). The zero-order valence-electron chi connectivity index (χ0n) is 12.8. The molecule has 22 heavy (non-hydrogen) atoms. The minimum atomic E-state index is -0.398. The monoisotopic (exact) mass is 300 g/mol. The normalized spacial score (nSPS) is 10.7. The molecule has 6 nitrogen and oxygen atoms in total. The van der Waals surface area contributed by atoms with Crippen LogP contribution in [0.25, 0.3) is 11.3 Å². The molecule has 0 aliphatic carbocycles. The average Bonchev–Trinajstić information content (AvgIpc) is 2.52. The first-order valence-electron chi connectivity index (χ1n) is 7.17. The van der Waals surface area contributed by atoms with Gasteiger partial charge < -0.3 is 10.2 Å². The van der Waals surface area contributed by atoms with Crippen molar-refractivity contribution in [2.24, 2.45) is 0 Å². The van der Waals surface area contributed by atoms with Crippen LogP contribution in [-0.4, -0.2) is 42.0 Å². The lowest BCUT2D eigenvalue weighted by molar-refractivity contribution is -0.384.